The summed E-state index contributed by atoms with van der Waals surface area (Å²) in [6.45, 7) is 5.72. The second-order valence-corrected chi connectivity index (χ2v) is 10.3. The SMILES string of the molecule is CC(=O)N1CCN(C2CCc3c(sc4ncn(CCc5cccc(Cl)c5)c(=O)c34)C2)CC1. The normalized spacial score (nSPS) is 19.3. The number of piperazine rings is 1. The van der Waals surface area contributed by atoms with Crippen LogP contribution in [0.25, 0.3) is 10.2 Å². The second-order valence-electron chi connectivity index (χ2n) is 8.75. The molecule has 0 bridgehead atoms. The van der Waals surface area contributed by atoms with Crippen molar-refractivity contribution in [1.29, 1.82) is 0 Å². The summed E-state index contributed by atoms with van der Waals surface area (Å²) >= 11 is 7.77. The van der Waals surface area contributed by atoms with Gasteiger partial charge in [-0.2, -0.15) is 0 Å². The number of benzene rings is 1. The number of hydrogen-bond donors (Lipinski definition) is 0. The standard InChI is InChI=1S/C24H27ClN4O2S/c1-16(30)27-9-11-28(12-10-27)19-5-6-20-21(14-19)32-23-22(20)24(31)29(15-26-23)8-7-17-3-2-4-18(25)13-17/h2-4,13,15,19H,5-12,14H2,1H3. The quantitative estimate of drug-likeness (QED) is 0.586. The van der Waals surface area contributed by atoms with Gasteiger partial charge in [0.15, 0.2) is 0 Å². The van der Waals surface area contributed by atoms with Crippen LogP contribution in [0.4, 0.5) is 0 Å². The lowest BCUT2D eigenvalue weighted by atomic mass is 9.91. The van der Waals surface area contributed by atoms with Crippen LogP contribution in [0.1, 0.15) is 29.3 Å². The molecule has 1 saturated heterocycles. The van der Waals surface area contributed by atoms with Gasteiger partial charge in [-0.05, 0) is 48.9 Å². The Morgan fingerprint density at radius 1 is 1.25 bits per heavy atom. The number of carbonyl (C=O) groups is 1. The molecule has 1 amide bonds. The number of fused-ring (bicyclic) bond motifs is 3. The van der Waals surface area contributed by atoms with Gasteiger partial charge in [0.1, 0.15) is 4.83 Å². The van der Waals surface area contributed by atoms with E-state index in [0.29, 0.717) is 17.6 Å². The summed E-state index contributed by atoms with van der Waals surface area (Å²) < 4.78 is 1.74. The minimum absolute atomic E-state index is 0.0723. The Balaban J connectivity index is 1.33. The molecule has 3 aromatic rings. The van der Waals surface area contributed by atoms with E-state index in [0.717, 1.165) is 67.6 Å². The number of aromatic nitrogens is 2. The largest absolute Gasteiger partial charge is 0.340 e. The Bertz CT molecular complexity index is 1210. The molecular formula is C24H27ClN4O2S. The van der Waals surface area contributed by atoms with Gasteiger partial charge in [-0.3, -0.25) is 19.1 Å². The maximum Gasteiger partial charge on any atom is 0.262 e. The lowest BCUT2D eigenvalue weighted by molar-refractivity contribution is -0.130. The van der Waals surface area contributed by atoms with Crippen molar-refractivity contribution in [2.24, 2.45) is 0 Å². The van der Waals surface area contributed by atoms with Crippen molar-refractivity contribution in [3.63, 3.8) is 0 Å². The molecule has 0 saturated carbocycles. The highest BCUT2D eigenvalue weighted by Crippen LogP contribution is 2.35. The Labute approximate surface area is 196 Å². The first kappa shape index (κ1) is 21.6. The molecule has 6 nitrogen and oxygen atoms in total. The van der Waals surface area contributed by atoms with Crippen LogP contribution in [0.3, 0.4) is 0 Å². The Morgan fingerprint density at radius 2 is 2.06 bits per heavy atom. The molecule has 0 N–H and O–H groups in total. The van der Waals surface area contributed by atoms with Crippen molar-refractivity contribution >= 4 is 39.1 Å². The molecule has 1 aliphatic carbocycles. The first-order valence-corrected chi connectivity index (χ1v) is 12.4. The van der Waals surface area contributed by atoms with E-state index in [1.807, 2.05) is 29.2 Å². The van der Waals surface area contributed by atoms with Gasteiger partial charge in [-0.1, -0.05) is 23.7 Å². The van der Waals surface area contributed by atoms with Crippen LogP contribution < -0.4 is 5.56 Å². The summed E-state index contributed by atoms with van der Waals surface area (Å²) in [6, 6.07) is 8.26. The molecule has 3 heterocycles. The minimum Gasteiger partial charge on any atom is -0.340 e. The van der Waals surface area contributed by atoms with Gasteiger partial charge in [0.2, 0.25) is 5.91 Å². The van der Waals surface area contributed by atoms with Crippen molar-refractivity contribution in [2.45, 2.75) is 45.2 Å². The van der Waals surface area contributed by atoms with Gasteiger partial charge in [-0.15, -0.1) is 11.3 Å². The highest BCUT2D eigenvalue weighted by molar-refractivity contribution is 7.18. The third-order valence-electron chi connectivity index (χ3n) is 6.82. The molecular weight excluding hydrogens is 444 g/mol. The summed E-state index contributed by atoms with van der Waals surface area (Å²) in [7, 11) is 0. The van der Waals surface area contributed by atoms with Crippen molar-refractivity contribution in [3.8, 4) is 0 Å². The topological polar surface area (TPSA) is 58.4 Å². The van der Waals surface area contributed by atoms with Gasteiger partial charge in [0.25, 0.3) is 5.56 Å². The van der Waals surface area contributed by atoms with E-state index in [2.05, 4.69) is 9.88 Å². The zero-order valence-corrected chi connectivity index (χ0v) is 19.8. The van der Waals surface area contributed by atoms with Crippen LogP contribution in [-0.2, 0) is 30.6 Å². The van der Waals surface area contributed by atoms with Crippen LogP contribution in [0.2, 0.25) is 5.02 Å². The number of halogens is 1. The third-order valence-corrected chi connectivity index (χ3v) is 8.21. The van der Waals surface area contributed by atoms with Crippen LogP contribution in [0, 0.1) is 0 Å². The average molecular weight is 471 g/mol. The number of nitrogens with zero attached hydrogens (tertiary/aromatic N) is 4. The van der Waals surface area contributed by atoms with Crippen LogP contribution >= 0.6 is 22.9 Å². The predicted molar refractivity (Wildman–Crippen MR) is 129 cm³/mol. The summed E-state index contributed by atoms with van der Waals surface area (Å²) in [6.07, 6.45) is 5.38. The average Bonchev–Trinajstić information content (AvgIpc) is 3.17. The molecule has 0 radical (unpaired) electrons. The summed E-state index contributed by atoms with van der Waals surface area (Å²) in [5, 5.41) is 1.53. The Hall–Kier alpha value is -2.22. The number of carbonyl (C=O) groups excluding carboxylic acids is 1. The fourth-order valence-electron chi connectivity index (χ4n) is 5.00. The molecule has 1 unspecified atom stereocenters. The van der Waals surface area contributed by atoms with Gasteiger partial charge in [0, 0.05) is 55.6 Å². The molecule has 2 aromatic heterocycles. The first-order valence-electron chi connectivity index (χ1n) is 11.2. The number of hydrogen-bond acceptors (Lipinski definition) is 5. The molecule has 1 aliphatic heterocycles. The third kappa shape index (κ3) is 4.21. The molecule has 1 atom stereocenters. The van der Waals surface area contributed by atoms with Crippen molar-refractivity contribution in [1.82, 2.24) is 19.4 Å². The number of aryl methyl sites for hydroxylation is 3. The predicted octanol–water partition coefficient (Wildman–Crippen LogP) is 3.38. The molecule has 1 fully saturated rings. The molecule has 0 spiro atoms. The summed E-state index contributed by atoms with van der Waals surface area (Å²) in [5.74, 6) is 0.165. The van der Waals surface area contributed by atoms with E-state index in [-0.39, 0.29) is 11.5 Å². The minimum atomic E-state index is 0.0723. The zero-order chi connectivity index (χ0) is 22.2. The molecule has 1 aromatic carbocycles. The van der Waals surface area contributed by atoms with E-state index in [1.165, 1.54) is 10.4 Å². The van der Waals surface area contributed by atoms with Gasteiger partial charge in [-0.25, -0.2) is 4.98 Å². The highest BCUT2D eigenvalue weighted by atomic mass is 35.5. The van der Waals surface area contributed by atoms with Crippen molar-refractivity contribution in [3.05, 3.63) is 62.0 Å². The summed E-state index contributed by atoms with van der Waals surface area (Å²) in [5.41, 5.74) is 2.39. The molecule has 168 valence electrons. The van der Waals surface area contributed by atoms with Crippen LogP contribution in [-0.4, -0.2) is 57.5 Å². The van der Waals surface area contributed by atoms with Crippen molar-refractivity contribution in [2.75, 3.05) is 26.2 Å². The van der Waals surface area contributed by atoms with E-state index in [1.54, 1.807) is 29.2 Å². The fourth-order valence-corrected chi connectivity index (χ4v) is 6.46. The molecule has 2 aliphatic rings. The molecule has 32 heavy (non-hydrogen) atoms. The van der Waals surface area contributed by atoms with Gasteiger partial charge in [0.05, 0.1) is 11.7 Å². The Kier molecular flexibility index (Phi) is 6.05. The van der Waals surface area contributed by atoms with Gasteiger partial charge >= 0.3 is 0 Å². The second kappa shape index (κ2) is 8.96. The smallest absolute Gasteiger partial charge is 0.262 e. The highest BCUT2D eigenvalue weighted by Gasteiger charge is 2.30. The van der Waals surface area contributed by atoms with E-state index >= 15 is 0 Å². The van der Waals surface area contributed by atoms with Crippen molar-refractivity contribution < 1.29 is 4.79 Å². The number of amides is 1. The number of rotatable bonds is 4. The molecule has 5 rings (SSSR count). The first-order chi connectivity index (χ1) is 15.5. The van der Waals surface area contributed by atoms with E-state index in [9.17, 15) is 9.59 Å². The maximum absolute atomic E-state index is 13.3. The summed E-state index contributed by atoms with van der Waals surface area (Å²) in [4.78, 5) is 36.2. The fraction of sp³-hybridized carbons (Fsp3) is 0.458. The number of thiophene rings is 1. The lowest BCUT2D eigenvalue weighted by Crippen LogP contribution is -2.52. The van der Waals surface area contributed by atoms with E-state index < -0.39 is 0 Å². The molecule has 8 heteroatoms. The van der Waals surface area contributed by atoms with Crippen LogP contribution in [0.5, 0.6) is 0 Å². The van der Waals surface area contributed by atoms with E-state index in [4.69, 9.17) is 11.6 Å². The zero-order valence-electron chi connectivity index (χ0n) is 18.2. The lowest BCUT2D eigenvalue weighted by Gasteiger charge is -2.40. The van der Waals surface area contributed by atoms with Crippen LogP contribution in [0.15, 0.2) is 35.4 Å². The van der Waals surface area contributed by atoms with Gasteiger partial charge < -0.3 is 4.90 Å². The Morgan fingerprint density at radius 3 is 2.81 bits per heavy atom. The monoisotopic (exact) mass is 470 g/mol. The maximum atomic E-state index is 13.3.